The Morgan fingerprint density at radius 2 is 1.78 bits per heavy atom. The summed E-state index contributed by atoms with van der Waals surface area (Å²) in [6, 6.07) is 18.3. The van der Waals surface area contributed by atoms with E-state index in [4.69, 9.17) is 16.6 Å². The molecule has 0 spiro atoms. The van der Waals surface area contributed by atoms with Gasteiger partial charge in [-0.15, -0.1) is 12.4 Å². The molecule has 2 aromatic rings. The Bertz CT molecular complexity index is 685. The Morgan fingerprint density at radius 1 is 1.07 bits per heavy atom. The van der Waals surface area contributed by atoms with Crippen LogP contribution in [-0.2, 0) is 0 Å². The van der Waals surface area contributed by atoms with Crippen LogP contribution >= 0.6 is 24.0 Å². The SMILES string of the molecule is CCN(CC)CCCC(C)N=C(Nc1cccc(Cl)c1)c1ccccc1.Cl. The highest BCUT2D eigenvalue weighted by molar-refractivity contribution is 6.31. The van der Waals surface area contributed by atoms with Crippen LogP contribution < -0.4 is 5.32 Å². The van der Waals surface area contributed by atoms with E-state index in [1.165, 1.54) is 0 Å². The van der Waals surface area contributed by atoms with Crippen LogP contribution in [0.1, 0.15) is 39.2 Å². The van der Waals surface area contributed by atoms with Crippen molar-refractivity contribution in [1.82, 2.24) is 4.90 Å². The number of nitrogens with zero attached hydrogens (tertiary/aromatic N) is 2. The fourth-order valence-electron chi connectivity index (χ4n) is 2.91. The predicted octanol–water partition coefficient (Wildman–Crippen LogP) is 6.13. The Hall–Kier alpha value is -1.55. The molecule has 0 saturated carbocycles. The fraction of sp³-hybridized carbons (Fsp3) is 0.409. The average molecular weight is 408 g/mol. The minimum absolute atomic E-state index is 0. The van der Waals surface area contributed by atoms with E-state index in [0.29, 0.717) is 0 Å². The highest BCUT2D eigenvalue weighted by Crippen LogP contribution is 2.17. The van der Waals surface area contributed by atoms with Crippen LogP contribution in [0, 0.1) is 0 Å². The van der Waals surface area contributed by atoms with Crippen molar-refractivity contribution in [2.45, 2.75) is 39.7 Å². The van der Waals surface area contributed by atoms with E-state index in [1.54, 1.807) is 0 Å². The molecule has 0 aliphatic rings. The lowest BCUT2D eigenvalue weighted by Gasteiger charge is -2.19. The first kappa shape index (κ1) is 23.5. The van der Waals surface area contributed by atoms with Gasteiger partial charge in [-0.25, -0.2) is 0 Å². The predicted molar refractivity (Wildman–Crippen MR) is 122 cm³/mol. The summed E-state index contributed by atoms with van der Waals surface area (Å²) in [6.07, 6.45) is 2.23. The second-order valence-electron chi connectivity index (χ2n) is 6.50. The number of halogens is 2. The third kappa shape index (κ3) is 8.34. The lowest BCUT2D eigenvalue weighted by atomic mass is 10.1. The van der Waals surface area contributed by atoms with Crippen molar-refractivity contribution >= 4 is 35.5 Å². The summed E-state index contributed by atoms with van der Waals surface area (Å²) in [5, 5.41) is 4.16. The van der Waals surface area contributed by atoms with Gasteiger partial charge in [0, 0.05) is 22.3 Å². The van der Waals surface area contributed by atoms with Gasteiger partial charge < -0.3 is 10.2 Å². The van der Waals surface area contributed by atoms with Gasteiger partial charge in [-0.05, 0) is 57.6 Å². The smallest absolute Gasteiger partial charge is 0.132 e. The van der Waals surface area contributed by atoms with Crippen molar-refractivity contribution in [1.29, 1.82) is 0 Å². The maximum absolute atomic E-state index is 6.12. The third-order valence-corrected chi connectivity index (χ3v) is 4.71. The molecule has 0 bridgehead atoms. The Balaban J connectivity index is 0.00000364. The summed E-state index contributed by atoms with van der Waals surface area (Å²) >= 11 is 6.12. The number of hydrogen-bond acceptors (Lipinski definition) is 2. The molecule has 0 aliphatic carbocycles. The monoisotopic (exact) mass is 407 g/mol. The topological polar surface area (TPSA) is 27.6 Å². The largest absolute Gasteiger partial charge is 0.340 e. The van der Waals surface area contributed by atoms with Crippen molar-refractivity contribution in [3.05, 3.63) is 65.2 Å². The van der Waals surface area contributed by atoms with E-state index in [1.807, 2.05) is 42.5 Å². The number of rotatable bonds is 9. The number of anilines is 1. The number of benzene rings is 2. The van der Waals surface area contributed by atoms with Gasteiger partial charge >= 0.3 is 0 Å². The van der Waals surface area contributed by atoms with Crippen molar-refractivity contribution in [3.63, 3.8) is 0 Å². The van der Waals surface area contributed by atoms with Crippen molar-refractivity contribution in [2.24, 2.45) is 4.99 Å². The molecule has 0 heterocycles. The highest BCUT2D eigenvalue weighted by Gasteiger charge is 2.08. The summed E-state index contributed by atoms with van der Waals surface area (Å²) < 4.78 is 0. The molecule has 1 unspecified atom stereocenters. The minimum Gasteiger partial charge on any atom is -0.340 e. The first-order chi connectivity index (χ1) is 12.6. The third-order valence-electron chi connectivity index (χ3n) is 4.47. The van der Waals surface area contributed by atoms with E-state index in [9.17, 15) is 0 Å². The fourth-order valence-corrected chi connectivity index (χ4v) is 3.10. The zero-order valence-electron chi connectivity index (χ0n) is 16.5. The molecule has 3 nitrogen and oxygen atoms in total. The van der Waals surface area contributed by atoms with Crippen molar-refractivity contribution in [2.75, 3.05) is 25.0 Å². The van der Waals surface area contributed by atoms with E-state index < -0.39 is 0 Å². The number of nitrogens with one attached hydrogen (secondary N) is 1. The number of hydrogen-bond donors (Lipinski definition) is 1. The van der Waals surface area contributed by atoms with Gasteiger partial charge in [-0.1, -0.05) is 61.8 Å². The molecule has 0 aliphatic heterocycles. The van der Waals surface area contributed by atoms with E-state index >= 15 is 0 Å². The molecule has 0 saturated heterocycles. The van der Waals surface area contributed by atoms with E-state index in [2.05, 4.69) is 43.1 Å². The van der Waals surface area contributed by atoms with Gasteiger partial charge in [-0.3, -0.25) is 4.99 Å². The summed E-state index contributed by atoms with van der Waals surface area (Å²) in [7, 11) is 0. The Labute approximate surface area is 175 Å². The first-order valence-electron chi connectivity index (χ1n) is 9.50. The zero-order chi connectivity index (χ0) is 18.8. The van der Waals surface area contributed by atoms with Crippen LogP contribution in [0.2, 0.25) is 5.02 Å². The Morgan fingerprint density at radius 3 is 2.41 bits per heavy atom. The quantitative estimate of drug-likeness (QED) is 0.399. The van der Waals surface area contributed by atoms with Crippen molar-refractivity contribution in [3.8, 4) is 0 Å². The van der Waals surface area contributed by atoms with Crippen LogP contribution in [-0.4, -0.2) is 36.4 Å². The molecule has 0 amide bonds. The van der Waals surface area contributed by atoms with Gasteiger partial charge in [0.2, 0.25) is 0 Å². The molecule has 5 heteroatoms. The molecule has 148 valence electrons. The van der Waals surface area contributed by atoms with Gasteiger partial charge in [0.05, 0.1) is 0 Å². The van der Waals surface area contributed by atoms with Gasteiger partial charge in [-0.2, -0.15) is 0 Å². The first-order valence-corrected chi connectivity index (χ1v) is 9.88. The summed E-state index contributed by atoms with van der Waals surface area (Å²) in [5.41, 5.74) is 2.04. The molecule has 0 radical (unpaired) electrons. The molecule has 1 N–H and O–H groups in total. The number of aliphatic imine (C=N–C) groups is 1. The minimum atomic E-state index is 0. The zero-order valence-corrected chi connectivity index (χ0v) is 18.1. The second-order valence-corrected chi connectivity index (χ2v) is 6.93. The summed E-state index contributed by atoms with van der Waals surface area (Å²) in [6.45, 7) is 9.97. The van der Waals surface area contributed by atoms with Gasteiger partial charge in [0.25, 0.3) is 0 Å². The second kappa shape index (κ2) is 12.8. The molecule has 2 rings (SSSR count). The van der Waals surface area contributed by atoms with E-state index in [-0.39, 0.29) is 18.4 Å². The lowest BCUT2D eigenvalue weighted by molar-refractivity contribution is 0.294. The lowest BCUT2D eigenvalue weighted by Crippen LogP contribution is -2.24. The van der Waals surface area contributed by atoms with Gasteiger partial charge in [0.15, 0.2) is 0 Å². The molecule has 1 atom stereocenters. The van der Waals surface area contributed by atoms with Gasteiger partial charge in [0.1, 0.15) is 5.84 Å². The highest BCUT2D eigenvalue weighted by atomic mass is 35.5. The van der Waals surface area contributed by atoms with E-state index in [0.717, 1.165) is 54.6 Å². The standard InChI is InChI=1S/C22H30ClN3.ClH/c1-4-26(5-2)16-10-11-18(3)24-22(19-12-7-6-8-13-19)25-21-15-9-14-20(23)17-21;/h6-9,12-15,17-18H,4-5,10-11,16H2,1-3H3,(H,24,25);1H. The summed E-state index contributed by atoms with van der Waals surface area (Å²) in [5.74, 6) is 0.892. The normalized spacial score (nSPS) is 12.6. The van der Waals surface area contributed by atoms with Crippen LogP contribution in [0.4, 0.5) is 5.69 Å². The molecule has 27 heavy (non-hydrogen) atoms. The molecule has 0 aromatic heterocycles. The molecular formula is C22H31Cl2N3. The van der Waals surface area contributed by atoms with Crippen LogP contribution in [0.5, 0.6) is 0 Å². The molecule has 2 aromatic carbocycles. The van der Waals surface area contributed by atoms with Crippen LogP contribution in [0.3, 0.4) is 0 Å². The summed E-state index contributed by atoms with van der Waals surface area (Å²) in [4.78, 5) is 7.42. The maximum Gasteiger partial charge on any atom is 0.132 e. The maximum atomic E-state index is 6.12. The average Bonchev–Trinajstić information content (AvgIpc) is 2.65. The molecular weight excluding hydrogens is 377 g/mol. The van der Waals surface area contributed by atoms with Crippen molar-refractivity contribution < 1.29 is 0 Å². The number of amidine groups is 1. The van der Waals surface area contributed by atoms with Crippen LogP contribution in [0.25, 0.3) is 0 Å². The Kier molecular flexibility index (Phi) is 11.1. The molecule has 0 fully saturated rings. The van der Waals surface area contributed by atoms with Crippen LogP contribution in [0.15, 0.2) is 59.6 Å².